The van der Waals surface area contributed by atoms with E-state index < -0.39 is 6.10 Å². The number of anilines is 1. The summed E-state index contributed by atoms with van der Waals surface area (Å²) < 4.78 is 10.9. The van der Waals surface area contributed by atoms with E-state index >= 15 is 0 Å². The normalized spacial score (nSPS) is 11.7. The first-order valence-corrected chi connectivity index (χ1v) is 7.79. The number of rotatable bonds is 6. The molecule has 0 aliphatic rings. The third-order valence-electron chi connectivity index (χ3n) is 3.51. The fraction of sp³-hybridized carbons (Fsp3) is 0.278. The van der Waals surface area contributed by atoms with Gasteiger partial charge in [0.05, 0.1) is 7.11 Å². The second-order valence-electron chi connectivity index (χ2n) is 5.10. The molecule has 2 rings (SSSR count). The van der Waals surface area contributed by atoms with Crippen molar-refractivity contribution in [3.63, 3.8) is 0 Å². The fourth-order valence-electron chi connectivity index (χ4n) is 2.12. The lowest BCUT2D eigenvalue weighted by Crippen LogP contribution is -2.32. The number of ether oxygens (including phenoxy) is 2. The number of halogens is 1. The second kappa shape index (κ2) is 7.88. The minimum Gasteiger partial charge on any atom is -0.497 e. The van der Waals surface area contributed by atoms with E-state index in [1.54, 1.807) is 31.4 Å². The van der Waals surface area contributed by atoms with Gasteiger partial charge in [0.1, 0.15) is 11.5 Å². The topological polar surface area (TPSA) is 47.6 Å². The SMILES string of the molecule is CC[C@@H](Oc1cccc(OC)c1)C(=O)Nc1cccc(Cl)c1C. The Bertz CT molecular complexity index is 688. The van der Waals surface area contributed by atoms with Crippen LogP contribution in [0.2, 0.25) is 5.02 Å². The highest BCUT2D eigenvalue weighted by molar-refractivity contribution is 6.31. The van der Waals surface area contributed by atoms with Crippen molar-refractivity contribution in [3.8, 4) is 11.5 Å². The highest BCUT2D eigenvalue weighted by Crippen LogP contribution is 2.24. The first kappa shape index (κ1) is 17.2. The molecule has 2 aromatic rings. The molecule has 0 aliphatic carbocycles. The zero-order valence-corrected chi connectivity index (χ0v) is 14.2. The van der Waals surface area contributed by atoms with Gasteiger partial charge in [-0.3, -0.25) is 4.79 Å². The summed E-state index contributed by atoms with van der Waals surface area (Å²) in [5, 5.41) is 3.49. The van der Waals surface area contributed by atoms with Crippen molar-refractivity contribution in [1.82, 2.24) is 0 Å². The predicted octanol–water partition coefficient (Wildman–Crippen LogP) is 4.45. The molecule has 0 spiro atoms. The van der Waals surface area contributed by atoms with E-state index in [9.17, 15) is 4.79 Å². The van der Waals surface area contributed by atoms with E-state index in [2.05, 4.69) is 5.32 Å². The van der Waals surface area contributed by atoms with Gasteiger partial charge in [-0.25, -0.2) is 0 Å². The molecule has 1 N–H and O–H groups in total. The van der Waals surface area contributed by atoms with E-state index in [-0.39, 0.29) is 5.91 Å². The maximum atomic E-state index is 12.5. The lowest BCUT2D eigenvalue weighted by molar-refractivity contribution is -0.122. The molecule has 122 valence electrons. The van der Waals surface area contributed by atoms with Gasteiger partial charge in [-0.2, -0.15) is 0 Å². The van der Waals surface area contributed by atoms with Crippen LogP contribution in [0.4, 0.5) is 5.69 Å². The minimum absolute atomic E-state index is 0.208. The van der Waals surface area contributed by atoms with Crippen LogP contribution in [0.15, 0.2) is 42.5 Å². The molecular weight excluding hydrogens is 314 g/mol. The van der Waals surface area contributed by atoms with Gasteiger partial charge in [-0.15, -0.1) is 0 Å². The van der Waals surface area contributed by atoms with Gasteiger partial charge in [0.2, 0.25) is 0 Å². The summed E-state index contributed by atoms with van der Waals surface area (Å²) in [6.07, 6.45) is -0.0525. The number of carbonyl (C=O) groups is 1. The van der Waals surface area contributed by atoms with E-state index in [4.69, 9.17) is 21.1 Å². The fourth-order valence-corrected chi connectivity index (χ4v) is 2.29. The Morgan fingerprint density at radius 1 is 1.22 bits per heavy atom. The van der Waals surface area contributed by atoms with Crippen molar-refractivity contribution in [2.75, 3.05) is 12.4 Å². The molecule has 5 heteroatoms. The highest BCUT2D eigenvalue weighted by atomic mass is 35.5. The third-order valence-corrected chi connectivity index (χ3v) is 3.92. The Morgan fingerprint density at radius 3 is 2.61 bits per heavy atom. The summed E-state index contributed by atoms with van der Waals surface area (Å²) in [6, 6.07) is 12.6. The van der Waals surface area contributed by atoms with Crippen LogP contribution < -0.4 is 14.8 Å². The zero-order valence-electron chi connectivity index (χ0n) is 13.4. The Labute approximate surface area is 141 Å². The van der Waals surface area contributed by atoms with Crippen LogP contribution in [0.25, 0.3) is 0 Å². The third kappa shape index (κ3) is 4.39. The lowest BCUT2D eigenvalue weighted by Gasteiger charge is -2.18. The van der Waals surface area contributed by atoms with Gasteiger partial charge in [0.25, 0.3) is 5.91 Å². The van der Waals surface area contributed by atoms with Crippen LogP contribution in [-0.4, -0.2) is 19.1 Å². The van der Waals surface area contributed by atoms with Gasteiger partial charge in [-0.1, -0.05) is 30.7 Å². The lowest BCUT2D eigenvalue weighted by atomic mass is 10.2. The molecule has 0 aliphatic heterocycles. The smallest absolute Gasteiger partial charge is 0.265 e. The van der Waals surface area contributed by atoms with E-state index in [1.165, 1.54) is 0 Å². The van der Waals surface area contributed by atoms with Crippen LogP contribution in [0, 0.1) is 6.92 Å². The summed E-state index contributed by atoms with van der Waals surface area (Å²) in [7, 11) is 1.59. The predicted molar refractivity (Wildman–Crippen MR) is 92.5 cm³/mol. The Morgan fingerprint density at radius 2 is 1.91 bits per heavy atom. The first-order valence-electron chi connectivity index (χ1n) is 7.41. The van der Waals surface area contributed by atoms with E-state index in [1.807, 2.05) is 32.0 Å². The average Bonchev–Trinajstić information content (AvgIpc) is 2.57. The van der Waals surface area contributed by atoms with Crippen LogP contribution in [0.3, 0.4) is 0 Å². The quantitative estimate of drug-likeness (QED) is 0.849. The molecule has 1 atom stereocenters. The van der Waals surface area contributed by atoms with Crippen molar-refractivity contribution in [2.45, 2.75) is 26.4 Å². The molecule has 0 saturated heterocycles. The van der Waals surface area contributed by atoms with E-state index in [0.29, 0.717) is 28.6 Å². The summed E-state index contributed by atoms with van der Waals surface area (Å²) in [5.41, 5.74) is 1.52. The van der Waals surface area contributed by atoms with Gasteiger partial charge in [-0.05, 0) is 43.2 Å². The van der Waals surface area contributed by atoms with Crippen molar-refractivity contribution >= 4 is 23.2 Å². The van der Waals surface area contributed by atoms with Crippen molar-refractivity contribution < 1.29 is 14.3 Å². The molecule has 0 unspecified atom stereocenters. The average molecular weight is 334 g/mol. The number of hydrogen-bond donors (Lipinski definition) is 1. The zero-order chi connectivity index (χ0) is 16.8. The standard InChI is InChI=1S/C18H20ClNO3/c1-4-17(23-14-8-5-7-13(11-14)22-3)18(21)20-16-10-6-9-15(19)12(16)2/h5-11,17H,4H2,1-3H3,(H,20,21)/t17-/m1/s1. The number of amides is 1. The summed E-state index contributed by atoms with van der Waals surface area (Å²) >= 11 is 6.08. The molecule has 0 heterocycles. The molecule has 0 radical (unpaired) electrons. The number of carbonyl (C=O) groups excluding carboxylic acids is 1. The summed E-state index contributed by atoms with van der Waals surface area (Å²) in [5.74, 6) is 1.07. The molecule has 0 bridgehead atoms. The molecule has 1 amide bonds. The van der Waals surface area contributed by atoms with Crippen LogP contribution >= 0.6 is 11.6 Å². The van der Waals surface area contributed by atoms with Gasteiger partial charge in [0, 0.05) is 16.8 Å². The summed E-state index contributed by atoms with van der Waals surface area (Å²) in [6.45, 7) is 3.76. The van der Waals surface area contributed by atoms with Crippen molar-refractivity contribution in [3.05, 3.63) is 53.1 Å². The van der Waals surface area contributed by atoms with Crippen molar-refractivity contribution in [1.29, 1.82) is 0 Å². The maximum absolute atomic E-state index is 12.5. The molecule has 0 saturated carbocycles. The Balaban J connectivity index is 2.10. The van der Waals surface area contributed by atoms with Gasteiger partial charge in [0.15, 0.2) is 6.10 Å². The number of nitrogens with one attached hydrogen (secondary N) is 1. The van der Waals surface area contributed by atoms with Crippen LogP contribution in [-0.2, 0) is 4.79 Å². The van der Waals surface area contributed by atoms with Crippen LogP contribution in [0.1, 0.15) is 18.9 Å². The van der Waals surface area contributed by atoms with Crippen LogP contribution in [0.5, 0.6) is 11.5 Å². The maximum Gasteiger partial charge on any atom is 0.265 e. The Kier molecular flexibility index (Phi) is 5.88. The molecule has 23 heavy (non-hydrogen) atoms. The molecule has 2 aromatic carbocycles. The van der Waals surface area contributed by atoms with E-state index in [0.717, 1.165) is 5.56 Å². The molecule has 0 aromatic heterocycles. The number of methoxy groups -OCH3 is 1. The van der Waals surface area contributed by atoms with Gasteiger partial charge >= 0.3 is 0 Å². The Hall–Kier alpha value is -2.20. The second-order valence-corrected chi connectivity index (χ2v) is 5.50. The minimum atomic E-state index is -0.597. The van der Waals surface area contributed by atoms with Gasteiger partial charge < -0.3 is 14.8 Å². The number of benzene rings is 2. The monoisotopic (exact) mass is 333 g/mol. The van der Waals surface area contributed by atoms with Crippen molar-refractivity contribution in [2.24, 2.45) is 0 Å². The summed E-state index contributed by atoms with van der Waals surface area (Å²) in [4.78, 5) is 12.5. The number of hydrogen-bond acceptors (Lipinski definition) is 3. The first-order chi connectivity index (χ1) is 11.0. The largest absolute Gasteiger partial charge is 0.497 e. The molecular formula is C18H20ClNO3. The highest BCUT2D eigenvalue weighted by Gasteiger charge is 2.19. The molecule has 4 nitrogen and oxygen atoms in total. The molecule has 0 fully saturated rings.